The zero-order chi connectivity index (χ0) is 13.7. The van der Waals surface area contributed by atoms with Crippen LogP contribution in [0.15, 0.2) is 0 Å². The van der Waals surface area contributed by atoms with Crippen LogP contribution in [0.25, 0.3) is 0 Å². The molecule has 0 radical (unpaired) electrons. The number of aliphatic hydroxyl groups excluding tert-OH is 1. The van der Waals surface area contributed by atoms with Gasteiger partial charge in [0.1, 0.15) is 0 Å². The number of hydrogen-bond donors (Lipinski definition) is 3. The fourth-order valence-electron chi connectivity index (χ4n) is 2.66. The Balaban J connectivity index is 2.60. The Morgan fingerprint density at radius 1 is 1.61 bits per heavy atom. The number of carbonyl (C=O) groups is 1. The second-order valence-electron chi connectivity index (χ2n) is 5.11. The molecule has 1 amide bonds. The van der Waals surface area contributed by atoms with Crippen LogP contribution in [0.3, 0.4) is 0 Å². The molecule has 18 heavy (non-hydrogen) atoms. The minimum atomic E-state index is -0.583. The number of alkyl halides is 2. The van der Waals surface area contributed by atoms with Gasteiger partial charge in [-0.1, -0.05) is 0 Å². The fraction of sp³-hybridized carbons (Fsp3) is 0.917. The highest BCUT2D eigenvalue weighted by atomic mass is 35.5. The molecular weight excluding hydrogens is 275 g/mol. The molecule has 1 saturated heterocycles. The molecule has 1 heterocycles. The molecule has 1 aliphatic rings. The van der Waals surface area contributed by atoms with Crippen LogP contribution >= 0.6 is 23.2 Å². The van der Waals surface area contributed by atoms with Crippen molar-refractivity contribution in [1.82, 2.24) is 5.32 Å². The highest BCUT2D eigenvalue weighted by Crippen LogP contribution is 2.32. The van der Waals surface area contributed by atoms with Gasteiger partial charge in [-0.15, -0.1) is 23.2 Å². The molecule has 0 aliphatic carbocycles. The van der Waals surface area contributed by atoms with Gasteiger partial charge in [0, 0.05) is 18.3 Å². The number of aliphatic hydroxyl groups is 1. The molecule has 5 atom stereocenters. The van der Waals surface area contributed by atoms with Crippen LogP contribution in [-0.4, -0.2) is 41.0 Å². The summed E-state index contributed by atoms with van der Waals surface area (Å²) >= 11 is 12.2. The third-order valence-electron chi connectivity index (χ3n) is 3.64. The van der Waals surface area contributed by atoms with Crippen molar-refractivity contribution in [3.05, 3.63) is 0 Å². The maximum absolute atomic E-state index is 10.9. The maximum Gasteiger partial charge on any atom is 0.218 e. The normalized spacial score (nSPS) is 29.6. The zero-order valence-electron chi connectivity index (χ0n) is 10.6. The van der Waals surface area contributed by atoms with E-state index in [1.807, 2.05) is 0 Å². The lowest BCUT2D eigenvalue weighted by Gasteiger charge is -2.37. The zero-order valence-corrected chi connectivity index (χ0v) is 12.1. The van der Waals surface area contributed by atoms with Gasteiger partial charge in [-0.25, -0.2) is 0 Å². The van der Waals surface area contributed by atoms with Crippen LogP contribution in [0.5, 0.6) is 0 Å². The van der Waals surface area contributed by atoms with E-state index in [0.29, 0.717) is 18.2 Å². The first-order valence-electron chi connectivity index (χ1n) is 6.35. The summed E-state index contributed by atoms with van der Waals surface area (Å²) in [4.78, 5) is 10.9. The number of piperidine rings is 1. The molecule has 1 fully saturated rings. The first-order chi connectivity index (χ1) is 8.45. The van der Waals surface area contributed by atoms with Gasteiger partial charge in [-0.2, -0.15) is 0 Å². The molecule has 1 rings (SSSR count). The largest absolute Gasteiger partial charge is 0.392 e. The minimum absolute atomic E-state index is 0.0609. The predicted molar refractivity (Wildman–Crippen MR) is 73.9 cm³/mol. The van der Waals surface area contributed by atoms with Crippen LogP contribution in [0, 0.1) is 11.8 Å². The van der Waals surface area contributed by atoms with Crippen LogP contribution < -0.4 is 11.1 Å². The predicted octanol–water partition coefficient (Wildman–Crippen LogP) is 1.07. The smallest absolute Gasteiger partial charge is 0.218 e. The van der Waals surface area contributed by atoms with Crippen molar-refractivity contribution >= 4 is 29.1 Å². The number of halogens is 2. The van der Waals surface area contributed by atoms with Crippen molar-refractivity contribution in [2.75, 3.05) is 12.4 Å². The van der Waals surface area contributed by atoms with Crippen LogP contribution in [0.2, 0.25) is 0 Å². The van der Waals surface area contributed by atoms with Crippen molar-refractivity contribution in [3.63, 3.8) is 0 Å². The Bertz CT molecular complexity index is 277. The Labute approximate surface area is 118 Å². The summed E-state index contributed by atoms with van der Waals surface area (Å²) < 4.78 is 0. The lowest BCUT2D eigenvalue weighted by atomic mass is 9.79. The third kappa shape index (κ3) is 4.57. The van der Waals surface area contributed by atoms with E-state index in [-0.39, 0.29) is 23.2 Å². The van der Waals surface area contributed by atoms with Gasteiger partial charge >= 0.3 is 0 Å². The third-order valence-corrected chi connectivity index (χ3v) is 4.68. The number of hydrogen-bond acceptors (Lipinski definition) is 3. The molecule has 2 unspecified atom stereocenters. The Morgan fingerprint density at radius 2 is 2.28 bits per heavy atom. The Hall–Kier alpha value is -0.0300. The summed E-state index contributed by atoms with van der Waals surface area (Å²) in [6.07, 6.45) is 1.55. The van der Waals surface area contributed by atoms with E-state index < -0.39 is 6.10 Å². The van der Waals surface area contributed by atoms with Gasteiger partial charge in [0.25, 0.3) is 0 Å². The lowest BCUT2D eigenvalue weighted by Crippen LogP contribution is -2.45. The first kappa shape index (κ1) is 16.0. The monoisotopic (exact) mass is 296 g/mol. The molecule has 6 heteroatoms. The van der Waals surface area contributed by atoms with Gasteiger partial charge in [-0.05, 0) is 38.1 Å². The summed E-state index contributed by atoms with van der Waals surface area (Å²) in [6.45, 7) is 2.51. The van der Waals surface area contributed by atoms with Crippen molar-refractivity contribution in [2.24, 2.45) is 17.6 Å². The molecule has 0 saturated carbocycles. The summed E-state index contributed by atoms with van der Waals surface area (Å²) in [7, 11) is 0. The van der Waals surface area contributed by atoms with E-state index >= 15 is 0 Å². The summed E-state index contributed by atoms with van der Waals surface area (Å²) in [6, 6.07) is 0.102. The molecule has 0 aromatic rings. The average Bonchev–Trinajstić information content (AvgIpc) is 2.29. The summed E-state index contributed by atoms with van der Waals surface area (Å²) in [5.41, 5.74) is 5.21. The van der Waals surface area contributed by atoms with E-state index in [1.165, 1.54) is 0 Å². The van der Waals surface area contributed by atoms with Crippen LogP contribution in [0.4, 0.5) is 0 Å². The number of carbonyl (C=O) groups excluding carboxylic acids is 1. The van der Waals surface area contributed by atoms with Gasteiger partial charge in [0.05, 0.1) is 11.5 Å². The molecule has 4 nitrogen and oxygen atoms in total. The standard InChI is InChI=1S/C12H22Cl2N2O2/c1-7(17)12(14)10(6-13)8-2-3-16-9(4-8)5-11(15)18/h7-10,12,16-17H,2-6H2,1H3,(H2,15,18)/t7-,8+,9-,10?,12?/m1/s1. The topological polar surface area (TPSA) is 75.3 Å². The highest BCUT2D eigenvalue weighted by molar-refractivity contribution is 6.23. The lowest BCUT2D eigenvalue weighted by molar-refractivity contribution is -0.118. The highest BCUT2D eigenvalue weighted by Gasteiger charge is 2.34. The van der Waals surface area contributed by atoms with Crippen LogP contribution in [0.1, 0.15) is 26.2 Å². The van der Waals surface area contributed by atoms with Gasteiger partial charge in [0.15, 0.2) is 0 Å². The van der Waals surface area contributed by atoms with E-state index in [2.05, 4.69) is 5.32 Å². The molecule has 0 spiro atoms. The van der Waals surface area contributed by atoms with Gasteiger partial charge in [-0.3, -0.25) is 4.79 Å². The molecule has 0 aromatic carbocycles. The number of nitrogens with one attached hydrogen (secondary N) is 1. The fourth-order valence-corrected chi connectivity index (χ4v) is 3.49. The quantitative estimate of drug-likeness (QED) is 0.642. The number of nitrogens with two attached hydrogens (primary N) is 1. The second kappa shape index (κ2) is 7.53. The van der Waals surface area contributed by atoms with E-state index in [1.54, 1.807) is 6.92 Å². The molecule has 4 N–H and O–H groups in total. The first-order valence-corrected chi connectivity index (χ1v) is 7.32. The molecule has 106 valence electrons. The van der Waals surface area contributed by atoms with E-state index in [4.69, 9.17) is 28.9 Å². The number of primary amides is 1. The second-order valence-corrected chi connectivity index (χ2v) is 5.92. The van der Waals surface area contributed by atoms with E-state index in [0.717, 1.165) is 19.4 Å². The molecular formula is C12H22Cl2N2O2. The van der Waals surface area contributed by atoms with Crippen molar-refractivity contribution in [2.45, 2.75) is 43.7 Å². The van der Waals surface area contributed by atoms with Gasteiger partial charge < -0.3 is 16.2 Å². The average molecular weight is 297 g/mol. The SMILES string of the molecule is C[C@@H](O)C(Cl)C(CCl)[C@H]1CCN[C@@H](CC(N)=O)C1. The molecule has 0 aromatic heterocycles. The van der Waals surface area contributed by atoms with Crippen molar-refractivity contribution < 1.29 is 9.90 Å². The minimum Gasteiger partial charge on any atom is -0.392 e. The van der Waals surface area contributed by atoms with Crippen molar-refractivity contribution in [1.29, 1.82) is 0 Å². The summed E-state index contributed by atoms with van der Waals surface area (Å²) in [5.74, 6) is 0.511. The van der Waals surface area contributed by atoms with E-state index in [9.17, 15) is 9.90 Å². The maximum atomic E-state index is 10.9. The number of amides is 1. The Morgan fingerprint density at radius 3 is 2.78 bits per heavy atom. The Kier molecular flexibility index (Phi) is 6.71. The molecule has 0 bridgehead atoms. The number of rotatable bonds is 6. The van der Waals surface area contributed by atoms with Gasteiger partial charge in [0.2, 0.25) is 5.91 Å². The van der Waals surface area contributed by atoms with Crippen LogP contribution in [-0.2, 0) is 4.79 Å². The summed E-state index contributed by atoms with van der Waals surface area (Å²) in [5, 5.41) is 12.5. The molecule has 1 aliphatic heterocycles. The van der Waals surface area contributed by atoms with Crippen molar-refractivity contribution in [3.8, 4) is 0 Å².